The third-order valence-corrected chi connectivity index (χ3v) is 4.07. The van der Waals surface area contributed by atoms with Crippen LogP contribution in [0.15, 0.2) is 47.1 Å². The molecule has 1 aliphatic rings. The Labute approximate surface area is 123 Å². The van der Waals surface area contributed by atoms with Crippen molar-refractivity contribution in [3.63, 3.8) is 0 Å². The highest BCUT2D eigenvalue weighted by molar-refractivity contribution is 5.91. The van der Waals surface area contributed by atoms with E-state index in [0.717, 1.165) is 37.9 Å². The van der Waals surface area contributed by atoms with Crippen molar-refractivity contribution >= 4 is 5.91 Å². The quantitative estimate of drug-likeness (QED) is 0.865. The van der Waals surface area contributed by atoms with Gasteiger partial charge in [-0.15, -0.1) is 0 Å². The molecule has 0 atom stereocenters. The average molecular weight is 287 g/mol. The Morgan fingerprint density at radius 3 is 2.52 bits per heavy atom. The number of hydrogen-bond acceptors (Lipinski definition) is 2. The Morgan fingerprint density at radius 2 is 1.90 bits per heavy atom. The van der Waals surface area contributed by atoms with Crippen LogP contribution >= 0.6 is 0 Å². The number of nitrogens with zero attached hydrogens (tertiary/aromatic N) is 1. The summed E-state index contributed by atoms with van der Waals surface area (Å²) in [7, 11) is 0. The van der Waals surface area contributed by atoms with Crippen molar-refractivity contribution in [2.45, 2.75) is 19.3 Å². The molecule has 3 rings (SSSR count). The number of carbonyl (C=O) groups excluding carboxylic acids is 1. The van der Waals surface area contributed by atoms with Gasteiger partial charge in [-0.05, 0) is 55.0 Å². The molecule has 2 aromatic rings. The van der Waals surface area contributed by atoms with Crippen molar-refractivity contribution in [1.82, 2.24) is 4.90 Å². The van der Waals surface area contributed by atoms with Gasteiger partial charge in [0, 0.05) is 13.1 Å². The summed E-state index contributed by atoms with van der Waals surface area (Å²) >= 11 is 0. The SMILES string of the molecule is O=C(c1ccco1)N1CCC(Cc2ccc(F)cc2)CC1. The van der Waals surface area contributed by atoms with Crippen LogP contribution in [0.1, 0.15) is 29.0 Å². The number of furan rings is 1. The minimum absolute atomic E-state index is 0.0276. The van der Waals surface area contributed by atoms with Crippen LogP contribution in [-0.2, 0) is 6.42 Å². The highest BCUT2D eigenvalue weighted by atomic mass is 19.1. The Hall–Kier alpha value is -2.10. The maximum absolute atomic E-state index is 12.9. The fraction of sp³-hybridized carbons (Fsp3) is 0.353. The molecule has 110 valence electrons. The highest BCUT2D eigenvalue weighted by Crippen LogP contribution is 2.23. The molecule has 1 aromatic carbocycles. The van der Waals surface area contributed by atoms with E-state index in [2.05, 4.69) is 0 Å². The van der Waals surface area contributed by atoms with Crippen molar-refractivity contribution in [2.24, 2.45) is 5.92 Å². The predicted molar refractivity (Wildman–Crippen MR) is 77.4 cm³/mol. The van der Waals surface area contributed by atoms with Crippen LogP contribution < -0.4 is 0 Å². The van der Waals surface area contributed by atoms with E-state index in [9.17, 15) is 9.18 Å². The third kappa shape index (κ3) is 3.32. The fourth-order valence-electron chi connectivity index (χ4n) is 2.85. The van der Waals surface area contributed by atoms with E-state index in [1.54, 1.807) is 12.1 Å². The molecule has 0 N–H and O–H groups in total. The molecule has 21 heavy (non-hydrogen) atoms. The van der Waals surface area contributed by atoms with Crippen molar-refractivity contribution in [2.75, 3.05) is 13.1 Å². The zero-order valence-electron chi connectivity index (χ0n) is 11.8. The van der Waals surface area contributed by atoms with Crippen molar-refractivity contribution in [3.8, 4) is 0 Å². The molecule has 1 fully saturated rings. The van der Waals surface area contributed by atoms with Crippen LogP contribution in [0.5, 0.6) is 0 Å². The normalized spacial score (nSPS) is 16.1. The van der Waals surface area contributed by atoms with Crippen LogP contribution in [0.25, 0.3) is 0 Å². The topological polar surface area (TPSA) is 33.5 Å². The summed E-state index contributed by atoms with van der Waals surface area (Å²) in [6.07, 6.45) is 4.42. The molecule has 0 unspecified atom stereocenters. The van der Waals surface area contributed by atoms with E-state index in [-0.39, 0.29) is 11.7 Å². The first kappa shape index (κ1) is 13.9. The average Bonchev–Trinajstić information content (AvgIpc) is 3.04. The second-order valence-electron chi connectivity index (χ2n) is 5.54. The summed E-state index contributed by atoms with van der Waals surface area (Å²) in [4.78, 5) is 14.0. The van der Waals surface area contributed by atoms with Gasteiger partial charge in [-0.25, -0.2) is 4.39 Å². The van der Waals surface area contributed by atoms with Gasteiger partial charge in [0.1, 0.15) is 5.82 Å². The highest BCUT2D eigenvalue weighted by Gasteiger charge is 2.24. The van der Waals surface area contributed by atoms with E-state index in [0.29, 0.717) is 11.7 Å². The number of amides is 1. The van der Waals surface area contributed by atoms with Crippen molar-refractivity contribution in [3.05, 3.63) is 59.8 Å². The minimum Gasteiger partial charge on any atom is -0.459 e. The van der Waals surface area contributed by atoms with Gasteiger partial charge in [-0.3, -0.25) is 4.79 Å². The predicted octanol–water partition coefficient (Wildman–Crippen LogP) is 3.51. The zero-order chi connectivity index (χ0) is 14.7. The van der Waals surface area contributed by atoms with E-state index >= 15 is 0 Å². The molecule has 1 aliphatic heterocycles. The second kappa shape index (κ2) is 6.12. The molecule has 0 aliphatic carbocycles. The minimum atomic E-state index is -0.197. The summed E-state index contributed by atoms with van der Waals surface area (Å²) in [5.74, 6) is 0.737. The molecule has 1 amide bonds. The lowest BCUT2D eigenvalue weighted by Crippen LogP contribution is -2.38. The van der Waals surface area contributed by atoms with Gasteiger partial charge in [-0.1, -0.05) is 12.1 Å². The maximum atomic E-state index is 12.9. The van der Waals surface area contributed by atoms with Gasteiger partial charge in [0.05, 0.1) is 6.26 Å². The molecular weight excluding hydrogens is 269 g/mol. The Morgan fingerprint density at radius 1 is 1.19 bits per heavy atom. The van der Waals surface area contributed by atoms with Crippen LogP contribution in [0.3, 0.4) is 0 Å². The molecule has 0 spiro atoms. The number of benzene rings is 1. The molecular formula is C17H18FNO2. The number of rotatable bonds is 3. The monoisotopic (exact) mass is 287 g/mol. The summed E-state index contributed by atoms with van der Waals surface area (Å²) in [6.45, 7) is 1.51. The van der Waals surface area contributed by atoms with Gasteiger partial charge >= 0.3 is 0 Å². The van der Waals surface area contributed by atoms with Crippen LogP contribution in [0.2, 0.25) is 0 Å². The molecule has 1 aromatic heterocycles. The Kier molecular flexibility index (Phi) is 4.04. The number of carbonyl (C=O) groups is 1. The molecule has 0 bridgehead atoms. The lowest BCUT2D eigenvalue weighted by atomic mass is 9.90. The van der Waals surface area contributed by atoms with Gasteiger partial charge < -0.3 is 9.32 Å². The number of hydrogen-bond donors (Lipinski definition) is 0. The summed E-state index contributed by atoms with van der Waals surface area (Å²) in [6, 6.07) is 10.1. The standard InChI is InChI=1S/C17H18FNO2/c18-15-5-3-13(4-6-15)12-14-7-9-19(10-8-14)17(20)16-2-1-11-21-16/h1-6,11,14H,7-10,12H2. The summed E-state index contributed by atoms with van der Waals surface area (Å²) < 4.78 is 18.0. The lowest BCUT2D eigenvalue weighted by molar-refractivity contribution is 0.0658. The first-order valence-electron chi connectivity index (χ1n) is 7.29. The summed E-state index contributed by atoms with van der Waals surface area (Å²) in [5, 5.41) is 0. The van der Waals surface area contributed by atoms with Crippen LogP contribution in [0, 0.1) is 11.7 Å². The molecule has 3 nitrogen and oxygen atoms in total. The number of piperidine rings is 1. The Bertz CT molecular complexity index is 584. The van der Waals surface area contributed by atoms with Gasteiger partial charge in [-0.2, -0.15) is 0 Å². The fourth-order valence-corrected chi connectivity index (χ4v) is 2.85. The Balaban J connectivity index is 1.53. The number of halogens is 1. The maximum Gasteiger partial charge on any atom is 0.289 e. The first-order chi connectivity index (χ1) is 10.2. The number of likely N-dealkylation sites (tertiary alicyclic amines) is 1. The largest absolute Gasteiger partial charge is 0.459 e. The van der Waals surface area contributed by atoms with Crippen LogP contribution in [0.4, 0.5) is 4.39 Å². The van der Waals surface area contributed by atoms with Crippen LogP contribution in [-0.4, -0.2) is 23.9 Å². The molecule has 0 saturated carbocycles. The molecule has 4 heteroatoms. The van der Waals surface area contributed by atoms with Crippen molar-refractivity contribution in [1.29, 1.82) is 0 Å². The van der Waals surface area contributed by atoms with E-state index in [1.165, 1.54) is 18.4 Å². The van der Waals surface area contributed by atoms with E-state index in [1.807, 2.05) is 17.0 Å². The lowest BCUT2D eigenvalue weighted by Gasteiger charge is -2.31. The molecule has 2 heterocycles. The zero-order valence-corrected chi connectivity index (χ0v) is 11.8. The first-order valence-corrected chi connectivity index (χ1v) is 7.29. The third-order valence-electron chi connectivity index (χ3n) is 4.07. The van der Waals surface area contributed by atoms with Gasteiger partial charge in [0.2, 0.25) is 0 Å². The molecule has 0 radical (unpaired) electrons. The van der Waals surface area contributed by atoms with Crippen molar-refractivity contribution < 1.29 is 13.6 Å². The molecule has 1 saturated heterocycles. The van der Waals surface area contributed by atoms with Gasteiger partial charge in [0.15, 0.2) is 5.76 Å². The second-order valence-corrected chi connectivity index (χ2v) is 5.54. The summed E-state index contributed by atoms with van der Waals surface area (Å²) in [5.41, 5.74) is 1.16. The van der Waals surface area contributed by atoms with Gasteiger partial charge in [0.25, 0.3) is 5.91 Å². The van der Waals surface area contributed by atoms with E-state index < -0.39 is 0 Å². The smallest absolute Gasteiger partial charge is 0.289 e. The van der Waals surface area contributed by atoms with E-state index in [4.69, 9.17) is 4.42 Å².